The van der Waals surface area contributed by atoms with E-state index in [4.69, 9.17) is 11.6 Å². The van der Waals surface area contributed by atoms with Crippen LogP contribution in [0.2, 0.25) is 5.02 Å². The second-order valence-electron chi connectivity index (χ2n) is 12.0. The van der Waals surface area contributed by atoms with Crippen molar-refractivity contribution in [3.63, 3.8) is 0 Å². The molecule has 4 aromatic carbocycles. The van der Waals surface area contributed by atoms with Crippen LogP contribution in [0.5, 0.6) is 0 Å². The summed E-state index contributed by atoms with van der Waals surface area (Å²) in [7, 11) is 0. The summed E-state index contributed by atoms with van der Waals surface area (Å²) in [5.41, 5.74) is 4.51. The number of Topliss-reactive ketones (excluding diaryl/α,β-unsaturated/α-hetero) is 3. The largest absolute Gasteiger partial charge is 0.352 e. The predicted octanol–water partition coefficient (Wildman–Crippen LogP) is 8.09. The topological polar surface area (TPSA) is 54.5 Å². The molecule has 0 aromatic heterocycles. The Balaban J connectivity index is 1.53. The van der Waals surface area contributed by atoms with Crippen LogP contribution >= 0.6 is 11.6 Å². The summed E-state index contributed by atoms with van der Waals surface area (Å²) < 4.78 is 0. The number of ketones is 3. The lowest BCUT2D eigenvalue weighted by Gasteiger charge is -2.37. The summed E-state index contributed by atoms with van der Waals surface area (Å²) >= 11 is 6.39. The van der Waals surface area contributed by atoms with Gasteiger partial charge < -0.3 is 4.90 Å². The molecule has 2 aliphatic heterocycles. The van der Waals surface area contributed by atoms with Gasteiger partial charge in [0.25, 0.3) is 0 Å². The summed E-state index contributed by atoms with van der Waals surface area (Å²) in [5.74, 6) is -0.986. The van der Waals surface area contributed by atoms with E-state index in [0.717, 1.165) is 27.9 Å². The lowest BCUT2D eigenvalue weighted by molar-refractivity contribution is 0.0666. The standard InChI is InChI=1S/C37H30ClNO3/c1-21(2)23-12-14-24(15-13-23)32-33(34(40)25-10-8-22(3)9-11-25)39-30-18-17-27(38)20-26(30)16-19-31(39)37(32)35(41)28-6-4-5-7-29(28)36(37)42/h4-21,31-33H,1-3H3/t31-,32-,33+/m0/s1. The van der Waals surface area contributed by atoms with Gasteiger partial charge in [0.2, 0.25) is 0 Å². The zero-order valence-electron chi connectivity index (χ0n) is 23.7. The summed E-state index contributed by atoms with van der Waals surface area (Å²) in [4.78, 5) is 46.3. The predicted molar refractivity (Wildman–Crippen MR) is 167 cm³/mol. The number of rotatable bonds is 4. The SMILES string of the molecule is Cc1ccc(C(=O)[C@H]2[C@H](c3ccc(C(C)C)cc3)C3(C(=O)c4ccccc4C3=O)[C@@H]3C=Cc4cc(Cl)ccc4N32)cc1. The van der Waals surface area contributed by atoms with Crippen molar-refractivity contribution in [2.45, 2.75) is 44.7 Å². The molecule has 3 atom stereocenters. The molecular weight excluding hydrogens is 542 g/mol. The van der Waals surface area contributed by atoms with Crippen LogP contribution < -0.4 is 4.90 Å². The number of carbonyl (C=O) groups is 3. The number of nitrogens with zero attached hydrogens (tertiary/aromatic N) is 1. The highest BCUT2D eigenvalue weighted by Gasteiger charge is 2.71. The van der Waals surface area contributed by atoms with Crippen molar-refractivity contribution in [1.82, 2.24) is 0 Å². The Labute approximate surface area is 250 Å². The van der Waals surface area contributed by atoms with Crippen LogP contribution in [0.4, 0.5) is 5.69 Å². The van der Waals surface area contributed by atoms with Gasteiger partial charge in [-0.15, -0.1) is 0 Å². The molecule has 7 rings (SSSR count). The van der Waals surface area contributed by atoms with E-state index in [1.807, 2.05) is 72.5 Å². The van der Waals surface area contributed by atoms with Gasteiger partial charge in [0.05, 0.1) is 6.04 Å². The molecule has 4 nitrogen and oxygen atoms in total. The fourth-order valence-corrected chi connectivity index (χ4v) is 7.48. The van der Waals surface area contributed by atoms with E-state index in [1.54, 1.807) is 30.3 Å². The maximum absolute atomic E-state index is 14.8. The zero-order valence-corrected chi connectivity index (χ0v) is 24.4. The number of halogens is 1. The van der Waals surface area contributed by atoms with Gasteiger partial charge in [0.1, 0.15) is 11.5 Å². The number of hydrogen-bond donors (Lipinski definition) is 0. The fourth-order valence-electron chi connectivity index (χ4n) is 7.30. The van der Waals surface area contributed by atoms with E-state index < -0.39 is 23.4 Å². The van der Waals surface area contributed by atoms with Crippen molar-refractivity contribution >= 4 is 40.7 Å². The molecule has 2 heterocycles. The van der Waals surface area contributed by atoms with E-state index in [1.165, 1.54) is 0 Å². The van der Waals surface area contributed by atoms with E-state index in [-0.39, 0.29) is 17.3 Å². The van der Waals surface area contributed by atoms with Crippen LogP contribution in [0.15, 0.2) is 97.1 Å². The van der Waals surface area contributed by atoms with Crippen LogP contribution in [-0.2, 0) is 0 Å². The average Bonchev–Trinajstić information content (AvgIpc) is 3.43. The molecule has 0 saturated carbocycles. The number of aryl methyl sites for hydroxylation is 1. The second kappa shape index (κ2) is 9.64. The number of benzene rings is 4. The first-order valence-electron chi connectivity index (χ1n) is 14.4. The maximum Gasteiger partial charge on any atom is 0.185 e. The molecule has 5 heteroatoms. The highest BCUT2D eigenvalue weighted by atomic mass is 35.5. The minimum Gasteiger partial charge on any atom is -0.352 e. The molecule has 0 unspecified atom stereocenters. The normalized spacial score (nSPS) is 21.5. The smallest absolute Gasteiger partial charge is 0.185 e. The van der Waals surface area contributed by atoms with Gasteiger partial charge in [-0.05, 0) is 47.7 Å². The third-order valence-corrected chi connectivity index (χ3v) is 9.57. The van der Waals surface area contributed by atoms with Crippen LogP contribution in [0.1, 0.15) is 79.0 Å². The summed E-state index contributed by atoms with van der Waals surface area (Å²) in [6.45, 7) is 6.24. The quantitative estimate of drug-likeness (QED) is 0.183. The molecule has 3 aliphatic rings. The first-order chi connectivity index (χ1) is 20.2. The van der Waals surface area contributed by atoms with E-state index in [9.17, 15) is 14.4 Å². The van der Waals surface area contributed by atoms with Gasteiger partial charge in [-0.25, -0.2) is 0 Å². The fraction of sp³-hybridized carbons (Fsp3) is 0.216. The van der Waals surface area contributed by atoms with Crippen molar-refractivity contribution in [3.8, 4) is 0 Å². The van der Waals surface area contributed by atoms with Gasteiger partial charge in [-0.1, -0.05) is 116 Å². The molecule has 1 saturated heterocycles. The summed E-state index contributed by atoms with van der Waals surface area (Å²) in [6, 6.07) is 26.8. The highest BCUT2D eigenvalue weighted by molar-refractivity contribution is 6.32. The van der Waals surface area contributed by atoms with Crippen molar-refractivity contribution in [2.24, 2.45) is 5.41 Å². The van der Waals surface area contributed by atoms with Crippen molar-refractivity contribution in [1.29, 1.82) is 0 Å². The minimum absolute atomic E-state index is 0.123. The molecule has 4 aromatic rings. The number of fused-ring (bicyclic) bond motifs is 5. The molecule has 0 amide bonds. The Hall–Kier alpha value is -4.28. The van der Waals surface area contributed by atoms with Crippen LogP contribution in [0, 0.1) is 12.3 Å². The van der Waals surface area contributed by atoms with Crippen LogP contribution in [-0.4, -0.2) is 29.4 Å². The molecule has 0 bridgehead atoms. The van der Waals surface area contributed by atoms with Gasteiger partial charge in [-0.3, -0.25) is 14.4 Å². The van der Waals surface area contributed by atoms with E-state index in [0.29, 0.717) is 27.6 Å². The molecule has 0 N–H and O–H groups in total. The molecule has 208 valence electrons. The maximum atomic E-state index is 14.8. The Kier molecular flexibility index (Phi) is 6.11. The van der Waals surface area contributed by atoms with Gasteiger partial charge >= 0.3 is 0 Å². The Bertz CT molecular complexity index is 1770. The summed E-state index contributed by atoms with van der Waals surface area (Å²) in [6.07, 6.45) is 3.86. The third-order valence-electron chi connectivity index (χ3n) is 9.33. The second-order valence-corrected chi connectivity index (χ2v) is 12.4. The van der Waals surface area contributed by atoms with Crippen LogP contribution in [0.25, 0.3) is 6.08 Å². The minimum atomic E-state index is -1.51. The van der Waals surface area contributed by atoms with Crippen LogP contribution in [0.3, 0.4) is 0 Å². The first-order valence-corrected chi connectivity index (χ1v) is 14.8. The van der Waals surface area contributed by atoms with Gasteiger partial charge in [-0.2, -0.15) is 0 Å². The molecule has 42 heavy (non-hydrogen) atoms. The number of anilines is 1. The first kappa shape index (κ1) is 26.6. The third kappa shape index (κ3) is 3.64. The van der Waals surface area contributed by atoms with Crippen molar-refractivity contribution in [2.75, 3.05) is 4.90 Å². The monoisotopic (exact) mass is 571 g/mol. The highest BCUT2D eigenvalue weighted by Crippen LogP contribution is 2.61. The average molecular weight is 572 g/mol. The number of hydrogen-bond acceptors (Lipinski definition) is 4. The molecule has 0 radical (unpaired) electrons. The van der Waals surface area contributed by atoms with Gasteiger partial charge in [0, 0.05) is 33.3 Å². The summed E-state index contributed by atoms with van der Waals surface area (Å²) in [5, 5.41) is 0.577. The van der Waals surface area contributed by atoms with Crippen molar-refractivity contribution in [3.05, 3.63) is 141 Å². The lowest BCUT2D eigenvalue weighted by atomic mass is 9.64. The Morgan fingerprint density at radius 2 is 1.50 bits per heavy atom. The molecular formula is C37H30ClNO3. The van der Waals surface area contributed by atoms with Gasteiger partial charge in [0.15, 0.2) is 17.3 Å². The zero-order chi connectivity index (χ0) is 29.3. The lowest BCUT2D eigenvalue weighted by Crippen LogP contribution is -2.48. The Morgan fingerprint density at radius 1 is 0.857 bits per heavy atom. The molecule has 1 fully saturated rings. The molecule has 1 spiro atoms. The Morgan fingerprint density at radius 3 is 2.12 bits per heavy atom. The van der Waals surface area contributed by atoms with Crippen molar-refractivity contribution < 1.29 is 14.4 Å². The van der Waals surface area contributed by atoms with E-state index in [2.05, 4.69) is 26.0 Å². The van der Waals surface area contributed by atoms with E-state index >= 15 is 0 Å². The molecule has 1 aliphatic carbocycles. The number of carbonyl (C=O) groups excluding carboxylic acids is 3.